The number of carbonyl (C=O) groups is 1. The van der Waals surface area contributed by atoms with Gasteiger partial charge in [-0.2, -0.15) is 5.10 Å². The minimum absolute atomic E-state index is 0.0586. The van der Waals surface area contributed by atoms with Crippen molar-refractivity contribution in [3.05, 3.63) is 77.8 Å². The summed E-state index contributed by atoms with van der Waals surface area (Å²) >= 11 is 0. The molecule has 7 nitrogen and oxygen atoms in total. The van der Waals surface area contributed by atoms with Crippen LogP contribution in [0.3, 0.4) is 0 Å². The van der Waals surface area contributed by atoms with Gasteiger partial charge in [-0.15, -0.1) is 0 Å². The molecule has 2 heterocycles. The maximum Gasteiger partial charge on any atom is 0.304 e. The molecule has 4 aromatic rings. The maximum atomic E-state index is 11.2. The van der Waals surface area contributed by atoms with Crippen LogP contribution in [0.2, 0.25) is 0 Å². The van der Waals surface area contributed by atoms with E-state index in [0.29, 0.717) is 18.1 Å². The molecule has 0 bridgehead atoms. The smallest absolute Gasteiger partial charge is 0.304 e. The van der Waals surface area contributed by atoms with E-state index in [1.54, 1.807) is 12.3 Å². The van der Waals surface area contributed by atoms with Crippen LogP contribution in [0.1, 0.15) is 29.2 Å². The molecule has 136 valence electrons. The third kappa shape index (κ3) is 3.82. The Bertz CT molecular complexity index is 1040. The van der Waals surface area contributed by atoms with Crippen LogP contribution in [0.5, 0.6) is 5.75 Å². The van der Waals surface area contributed by atoms with Gasteiger partial charge in [0.2, 0.25) is 0 Å². The van der Waals surface area contributed by atoms with Crippen molar-refractivity contribution in [2.45, 2.75) is 18.9 Å². The quantitative estimate of drug-likeness (QED) is 0.519. The van der Waals surface area contributed by atoms with Crippen molar-refractivity contribution in [3.63, 3.8) is 0 Å². The number of hydrogen-bond donors (Lipinski definition) is 2. The van der Waals surface area contributed by atoms with E-state index in [2.05, 4.69) is 15.4 Å². The van der Waals surface area contributed by atoms with Crippen LogP contribution in [0, 0.1) is 0 Å². The molecule has 0 aliphatic heterocycles. The number of nitrogens with zero attached hydrogens (tertiary/aromatic N) is 2. The number of fused-ring (bicyclic) bond motifs is 1. The summed E-state index contributed by atoms with van der Waals surface area (Å²) in [6.45, 7) is 0.427. The lowest BCUT2D eigenvalue weighted by molar-refractivity contribution is -0.137. The summed E-state index contributed by atoms with van der Waals surface area (Å²) in [6.07, 6.45) is 3.16. The van der Waals surface area contributed by atoms with Gasteiger partial charge in [-0.25, -0.2) is 0 Å². The van der Waals surface area contributed by atoms with E-state index in [0.717, 1.165) is 22.0 Å². The van der Waals surface area contributed by atoms with Crippen molar-refractivity contribution in [2.24, 2.45) is 0 Å². The van der Waals surface area contributed by atoms with Gasteiger partial charge in [-0.3, -0.25) is 9.89 Å². The van der Waals surface area contributed by atoms with E-state index in [4.69, 9.17) is 9.26 Å². The highest BCUT2D eigenvalue weighted by Gasteiger charge is 2.20. The van der Waals surface area contributed by atoms with Gasteiger partial charge >= 0.3 is 5.97 Å². The Balaban J connectivity index is 1.46. The van der Waals surface area contributed by atoms with E-state index >= 15 is 0 Å². The molecule has 0 amide bonds. The summed E-state index contributed by atoms with van der Waals surface area (Å²) in [6, 6.07) is 15.1. The first kappa shape index (κ1) is 16.8. The molecule has 0 radical (unpaired) electrons. The molecule has 7 heteroatoms. The van der Waals surface area contributed by atoms with E-state index in [1.165, 1.54) is 6.26 Å². The molecule has 0 unspecified atom stereocenters. The van der Waals surface area contributed by atoms with Crippen molar-refractivity contribution in [2.75, 3.05) is 0 Å². The second-order valence-corrected chi connectivity index (χ2v) is 6.22. The predicted molar refractivity (Wildman–Crippen MR) is 97.5 cm³/mol. The Labute approximate surface area is 154 Å². The van der Waals surface area contributed by atoms with Gasteiger partial charge in [0.25, 0.3) is 0 Å². The average Bonchev–Trinajstić information content (AvgIpc) is 3.36. The van der Waals surface area contributed by atoms with Crippen LogP contribution in [0.25, 0.3) is 10.9 Å². The number of ether oxygens (including phenoxy) is 1. The summed E-state index contributed by atoms with van der Waals surface area (Å²) in [5, 5.41) is 21.1. The van der Waals surface area contributed by atoms with Crippen LogP contribution >= 0.6 is 0 Å². The van der Waals surface area contributed by atoms with Crippen LogP contribution in [-0.2, 0) is 11.4 Å². The predicted octanol–water partition coefficient (Wildman–Crippen LogP) is 3.74. The Kier molecular flexibility index (Phi) is 4.57. The molecular formula is C20H17N3O4. The molecule has 4 rings (SSSR count). The average molecular weight is 363 g/mol. The molecule has 0 aliphatic rings. The molecule has 2 N–H and O–H groups in total. The number of H-pyrrole nitrogens is 1. The largest absolute Gasteiger partial charge is 0.489 e. The third-order valence-electron chi connectivity index (χ3n) is 4.39. The molecule has 1 atom stereocenters. The molecule has 0 saturated carbocycles. The fourth-order valence-electron chi connectivity index (χ4n) is 3.01. The summed E-state index contributed by atoms with van der Waals surface area (Å²) in [4.78, 5) is 11.2. The van der Waals surface area contributed by atoms with Crippen LogP contribution in [-0.4, -0.2) is 26.4 Å². The molecule has 2 aromatic heterocycles. The zero-order valence-corrected chi connectivity index (χ0v) is 14.3. The Morgan fingerprint density at radius 1 is 1.19 bits per heavy atom. The Hall–Kier alpha value is -3.61. The standard InChI is InChI=1S/C20H17N3O4/c24-20(25)10-17(18-7-8-27-23-18)14-3-5-16(6-4-14)26-12-13-1-2-15-11-21-22-19(15)9-13/h1-9,11,17H,10,12H2,(H,21,22)(H,24,25)/t17-/m0/s1. The fraction of sp³-hybridized carbons (Fsp3) is 0.150. The normalized spacial score (nSPS) is 12.1. The second-order valence-electron chi connectivity index (χ2n) is 6.22. The van der Waals surface area contributed by atoms with E-state index in [-0.39, 0.29) is 12.3 Å². The third-order valence-corrected chi connectivity index (χ3v) is 4.39. The topological polar surface area (TPSA) is 101 Å². The monoisotopic (exact) mass is 363 g/mol. The molecule has 2 aromatic carbocycles. The van der Waals surface area contributed by atoms with Crippen LogP contribution in [0.15, 0.2) is 65.5 Å². The van der Waals surface area contributed by atoms with Gasteiger partial charge < -0.3 is 14.4 Å². The van der Waals surface area contributed by atoms with Gasteiger partial charge in [0, 0.05) is 17.4 Å². The van der Waals surface area contributed by atoms with Gasteiger partial charge in [0.15, 0.2) is 0 Å². The zero-order chi connectivity index (χ0) is 18.6. The number of aromatic nitrogens is 3. The van der Waals surface area contributed by atoms with Gasteiger partial charge in [0.1, 0.15) is 18.6 Å². The number of aromatic amines is 1. The SMILES string of the molecule is O=C(O)C[C@@H](c1ccc(OCc2ccc3cn[nH]c3c2)cc1)c1ccon1. The van der Waals surface area contributed by atoms with Crippen molar-refractivity contribution in [1.82, 2.24) is 15.4 Å². The number of nitrogens with one attached hydrogen (secondary N) is 1. The zero-order valence-electron chi connectivity index (χ0n) is 14.3. The molecule has 0 aliphatic carbocycles. The summed E-state index contributed by atoms with van der Waals surface area (Å²) in [5.74, 6) is -0.548. The Morgan fingerprint density at radius 2 is 2.04 bits per heavy atom. The van der Waals surface area contributed by atoms with E-state index < -0.39 is 5.97 Å². The summed E-state index contributed by atoms with van der Waals surface area (Å²) in [7, 11) is 0. The van der Waals surface area contributed by atoms with Crippen LogP contribution in [0.4, 0.5) is 0 Å². The molecule has 0 fully saturated rings. The maximum absolute atomic E-state index is 11.2. The molecule has 0 spiro atoms. The minimum atomic E-state index is -0.891. The van der Waals surface area contributed by atoms with Gasteiger partial charge in [-0.05, 0) is 29.3 Å². The lowest BCUT2D eigenvalue weighted by atomic mass is 9.92. The lowest BCUT2D eigenvalue weighted by Gasteiger charge is -2.13. The summed E-state index contributed by atoms with van der Waals surface area (Å²) < 4.78 is 10.7. The van der Waals surface area contributed by atoms with Crippen molar-refractivity contribution in [1.29, 1.82) is 0 Å². The summed E-state index contributed by atoms with van der Waals surface area (Å²) in [5.41, 5.74) is 3.44. The number of carboxylic acids is 1. The van der Waals surface area contributed by atoms with Crippen LogP contribution < -0.4 is 4.74 Å². The van der Waals surface area contributed by atoms with Gasteiger partial charge in [-0.1, -0.05) is 29.4 Å². The fourth-order valence-corrected chi connectivity index (χ4v) is 3.01. The van der Waals surface area contributed by atoms with Crippen molar-refractivity contribution < 1.29 is 19.2 Å². The minimum Gasteiger partial charge on any atom is -0.489 e. The highest BCUT2D eigenvalue weighted by atomic mass is 16.5. The molecule has 0 saturated heterocycles. The number of carboxylic acid groups (broad SMARTS) is 1. The second kappa shape index (κ2) is 7.33. The highest BCUT2D eigenvalue weighted by Crippen LogP contribution is 2.28. The van der Waals surface area contributed by atoms with E-state index in [9.17, 15) is 9.90 Å². The number of hydrogen-bond acceptors (Lipinski definition) is 5. The first-order chi connectivity index (χ1) is 13.2. The highest BCUT2D eigenvalue weighted by molar-refractivity contribution is 5.78. The van der Waals surface area contributed by atoms with Crippen molar-refractivity contribution >= 4 is 16.9 Å². The Morgan fingerprint density at radius 3 is 2.78 bits per heavy atom. The number of benzene rings is 2. The number of aliphatic carboxylic acids is 1. The first-order valence-corrected chi connectivity index (χ1v) is 8.46. The number of rotatable bonds is 7. The lowest BCUT2D eigenvalue weighted by Crippen LogP contribution is -2.08. The first-order valence-electron chi connectivity index (χ1n) is 8.46. The van der Waals surface area contributed by atoms with Gasteiger partial charge in [0.05, 0.1) is 23.8 Å². The van der Waals surface area contributed by atoms with Crippen molar-refractivity contribution in [3.8, 4) is 5.75 Å². The van der Waals surface area contributed by atoms with E-state index in [1.807, 2.05) is 42.5 Å². The molecule has 27 heavy (non-hydrogen) atoms. The molecular weight excluding hydrogens is 346 g/mol.